The highest BCUT2D eigenvalue weighted by Gasteiger charge is 2.22. The van der Waals surface area contributed by atoms with E-state index in [0.29, 0.717) is 0 Å². The molecule has 2 N–H and O–H groups in total. The largest absolute Gasteiger partial charge is 0.478 e. The second kappa shape index (κ2) is 8.11. The molecule has 0 atom stereocenters. The number of benzene rings is 3. The van der Waals surface area contributed by atoms with Crippen LogP contribution in [0.25, 0.3) is 28.1 Å². The average molecular weight is 409 g/mol. The van der Waals surface area contributed by atoms with Crippen LogP contribution >= 0.6 is 0 Å². The summed E-state index contributed by atoms with van der Waals surface area (Å²) in [4.78, 5) is 11.5. The first-order chi connectivity index (χ1) is 15.2. The molecular weight excluding hydrogens is 386 g/mol. The van der Waals surface area contributed by atoms with Gasteiger partial charge in [0.25, 0.3) is 0 Å². The number of anilines is 1. The van der Waals surface area contributed by atoms with Gasteiger partial charge in [0.1, 0.15) is 5.82 Å². The number of nitrogens with one attached hydrogen (secondary N) is 1. The van der Waals surface area contributed by atoms with Crippen LogP contribution in [0.15, 0.2) is 78.9 Å². The Kier molecular flexibility index (Phi) is 5.00. The zero-order chi connectivity index (χ0) is 21.2. The molecule has 1 aliphatic heterocycles. The van der Waals surface area contributed by atoms with Gasteiger partial charge in [-0.2, -0.15) is 5.10 Å². The number of hydrogen-bond acceptors (Lipinski definition) is 3. The second-order valence-electron chi connectivity index (χ2n) is 7.77. The summed E-state index contributed by atoms with van der Waals surface area (Å²) in [5.41, 5.74) is 6.55. The summed E-state index contributed by atoms with van der Waals surface area (Å²) in [6.45, 7) is 0.879. The van der Waals surface area contributed by atoms with E-state index < -0.39 is 5.97 Å². The minimum atomic E-state index is -0.940. The summed E-state index contributed by atoms with van der Waals surface area (Å²) < 4.78 is 1.85. The van der Waals surface area contributed by atoms with Crippen molar-refractivity contribution in [2.45, 2.75) is 19.3 Å². The SMILES string of the molecule is O=C(O)c1cccc(-n2nc(-c3ccc(-c4ccccc4)cc3)c3c2NCCCC3)c1. The molecule has 5 nitrogen and oxygen atoms in total. The van der Waals surface area contributed by atoms with Crippen LogP contribution in [-0.2, 0) is 6.42 Å². The van der Waals surface area contributed by atoms with Crippen molar-refractivity contribution in [1.82, 2.24) is 9.78 Å². The summed E-state index contributed by atoms with van der Waals surface area (Å²) in [6, 6.07) is 25.7. The fraction of sp³-hybridized carbons (Fsp3) is 0.154. The van der Waals surface area contributed by atoms with Crippen molar-refractivity contribution in [2.75, 3.05) is 11.9 Å². The molecule has 31 heavy (non-hydrogen) atoms. The zero-order valence-electron chi connectivity index (χ0n) is 17.1. The Bertz CT molecular complexity index is 1230. The number of rotatable bonds is 4. The Balaban J connectivity index is 1.60. The molecule has 0 bridgehead atoms. The van der Waals surface area contributed by atoms with Crippen LogP contribution in [0.2, 0.25) is 0 Å². The van der Waals surface area contributed by atoms with E-state index in [2.05, 4.69) is 41.7 Å². The normalized spacial score (nSPS) is 13.2. The van der Waals surface area contributed by atoms with Gasteiger partial charge < -0.3 is 10.4 Å². The van der Waals surface area contributed by atoms with Gasteiger partial charge in [-0.15, -0.1) is 0 Å². The molecule has 0 saturated carbocycles. The molecule has 0 aliphatic carbocycles. The van der Waals surface area contributed by atoms with Gasteiger partial charge in [-0.25, -0.2) is 9.48 Å². The first-order valence-electron chi connectivity index (χ1n) is 10.6. The maximum Gasteiger partial charge on any atom is 0.335 e. The van der Waals surface area contributed by atoms with Crippen LogP contribution < -0.4 is 5.32 Å². The van der Waals surface area contributed by atoms with Gasteiger partial charge in [-0.1, -0.05) is 60.7 Å². The molecule has 1 aromatic heterocycles. The predicted molar refractivity (Wildman–Crippen MR) is 123 cm³/mol. The molecule has 0 amide bonds. The van der Waals surface area contributed by atoms with Gasteiger partial charge in [0.15, 0.2) is 0 Å². The van der Waals surface area contributed by atoms with Crippen LogP contribution in [0.5, 0.6) is 0 Å². The van der Waals surface area contributed by atoms with Crippen molar-refractivity contribution in [3.05, 3.63) is 90.0 Å². The molecular formula is C26H23N3O2. The fourth-order valence-electron chi connectivity index (χ4n) is 4.14. The number of hydrogen-bond donors (Lipinski definition) is 2. The van der Waals surface area contributed by atoms with Crippen LogP contribution in [0, 0.1) is 0 Å². The molecule has 5 heteroatoms. The van der Waals surface area contributed by atoms with E-state index in [0.717, 1.165) is 48.6 Å². The van der Waals surface area contributed by atoms with Crippen LogP contribution in [-0.4, -0.2) is 27.4 Å². The molecule has 4 aromatic rings. The summed E-state index contributed by atoms with van der Waals surface area (Å²) in [7, 11) is 0. The number of carboxylic acids is 1. The molecule has 154 valence electrons. The molecule has 2 heterocycles. The Morgan fingerprint density at radius 3 is 2.39 bits per heavy atom. The smallest absolute Gasteiger partial charge is 0.335 e. The Morgan fingerprint density at radius 2 is 1.61 bits per heavy atom. The third-order valence-electron chi connectivity index (χ3n) is 5.73. The summed E-state index contributed by atoms with van der Waals surface area (Å²) in [5.74, 6) is 0.0203. The third-order valence-corrected chi connectivity index (χ3v) is 5.73. The molecule has 3 aromatic carbocycles. The lowest BCUT2D eigenvalue weighted by Crippen LogP contribution is -2.08. The molecule has 5 rings (SSSR count). The zero-order valence-corrected chi connectivity index (χ0v) is 17.1. The number of aromatic nitrogens is 2. The van der Waals surface area contributed by atoms with E-state index in [1.165, 1.54) is 16.7 Å². The van der Waals surface area contributed by atoms with E-state index in [-0.39, 0.29) is 5.56 Å². The van der Waals surface area contributed by atoms with Crippen molar-refractivity contribution in [3.8, 4) is 28.1 Å². The minimum absolute atomic E-state index is 0.254. The highest BCUT2D eigenvalue weighted by atomic mass is 16.4. The Hall–Kier alpha value is -3.86. The lowest BCUT2D eigenvalue weighted by Gasteiger charge is -2.09. The molecule has 1 aliphatic rings. The van der Waals surface area contributed by atoms with Gasteiger partial charge in [-0.3, -0.25) is 0 Å². The highest BCUT2D eigenvalue weighted by molar-refractivity contribution is 5.88. The van der Waals surface area contributed by atoms with E-state index in [4.69, 9.17) is 5.10 Å². The minimum Gasteiger partial charge on any atom is -0.478 e. The maximum atomic E-state index is 11.5. The second-order valence-corrected chi connectivity index (χ2v) is 7.77. The standard InChI is InChI=1S/C26H23N3O2/c30-26(31)21-9-6-10-22(17-21)29-25-23(11-4-5-16-27-25)24(28-29)20-14-12-19(13-15-20)18-7-2-1-3-8-18/h1-3,6-10,12-15,17,27H,4-5,11,16H2,(H,30,31). The number of carboxylic acid groups (broad SMARTS) is 1. The van der Waals surface area contributed by atoms with Gasteiger partial charge in [0.05, 0.1) is 16.9 Å². The summed E-state index contributed by atoms with van der Waals surface area (Å²) >= 11 is 0. The van der Waals surface area contributed by atoms with E-state index in [1.807, 2.05) is 28.9 Å². The maximum absolute atomic E-state index is 11.5. The van der Waals surface area contributed by atoms with Crippen molar-refractivity contribution in [2.24, 2.45) is 0 Å². The monoisotopic (exact) mass is 409 g/mol. The predicted octanol–water partition coefficient (Wildman–Crippen LogP) is 5.65. The lowest BCUT2D eigenvalue weighted by molar-refractivity contribution is 0.0697. The van der Waals surface area contributed by atoms with Gasteiger partial charge in [0.2, 0.25) is 0 Å². The number of fused-ring (bicyclic) bond motifs is 1. The molecule has 0 unspecified atom stereocenters. The fourth-order valence-corrected chi connectivity index (χ4v) is 4.14. The summed E-state index contributed by atoms with van der Waals surface area (Å²) in [6.07, 6.45) is 3.13. The van der Waals surface area contributed by atoms with Gasteiger partial charge in [-0.05, 0) is 48.6 Å². The number of carbonyl (C=O) groups is 1. The van der Waals surface area contributed by atoms with Crippen LogP contribution in [0.1, 0.15) is 28.8 Å². The molecule has 0 fully saturated rings. The van der Waals surface area contributed by atoms with Crippen molar-refractivity contribution >= 4 is 11.8 Å². The quantitative estimate of drug-likeness (QED) is 0.457. The lowest BCUT2D eigenvalue weighted by atomic mass is 10.00. The van der Waals surface area contributed by atoms with Gasteiger partial charge in [0, 0.05) is 17.7 Å². The van der Waals surface area contributed by atoms with Crippen molar-refractivity contribution in [3.63, 3.8) is 0 Å². The first kappa shape index (κ1) is 19.1. The van der Waals surface area contributed by atoms with Crippen LogP contribution in [0.3, 0.4) is 0 Å². The van der Waals surface area contributed by atoms with E-state index in [1.54, 1.807) is 18.2 Å². The van der Waals surface area contributed by atoms with E-state index >= 15 is 0 Å². The third kappa shape index (κ3) is 3.70. The van der Waals surface area contributed by atoms with Crippen molar-refractivity contribution in [1.29, 1.82) is 0 Å². The number of aromatic carboxylic acids is 1. The van der Waals surface area contributed by atoms with Gasteiger partial charge >= 0.3 is 5.97 Å². The molecule has 0 spiro atoms. The first-order valence-corrected chi connectivity index (χ1v) is 10.6. The molecule has 0 radical (unpaired) electrons. The highest BCUT2D eigenvalue weighted by Crippen LogP contribution is 2.35. The Morgan fingerprint density at radius 1 is 0.871 bits per heavy atom. The number of nitrogens with zero attached hydrogens (tertiary/aromatic N) is 2. The van der Waals surface area contributed by atoms with Crippen LogP contribution in [0.4, 0.5) is 5.82 Å². The van der Waals surface area contributed by atoms with E-state index in [9.17, 15) is 9.90 Å². The topological polar surface area (TPSA) is 67.1 Å². The van der Waals surface area contributed by atoms with Crippen molar-refractivity contribution < 1.29 is 9.90 Å². The summed E-state index contributed by atoms with van der Waals surface area (Å²) in [5, 5.41) is 17.9. The Labute approximate surface area is 181 Å². The molecule has 0 saturated heterocycles. The average Bonchev–Trinajstić information content (AvgIpc) is 3.00.